The van der Waals surface area contributed by atoms with Crippen LogP contribution in [0.2, 0.25) is 0 Å². The standard InChI is InChI=1S/C15H21N7O/c1-3-4-16-13(23)10-21-5-7-22(8-6-21)15-12-9-19-20(2)14(12)17-11-18-15/h3,9,11H,1,4-8,10H2,2H3,(H,16,23). The van der Waals surface area contributed by atoms with Crippen LogP contribution in [-0.4, -0.2) is 69.8 Å². The molecule has 1 aliphatic heterocycles. The number of piperazine rings is 1. The van der Waals surface area contributed by atoms with E-state index in [1.807, 2.05) is 7.05 Å². The van der Waals surface area contributed by atoms with Crippen molar-refractivity contribution in [2.24, 2.45) is 7.05 Å². The number of rotatable bonds is 5. The second kappa shape index (κ2) is 6.74. The lowest BCUT2D eigenvalue weighted by Crippen LogP contribution is -2.49. The van der Waals surface area contributed by atoms with Crippen molar-refractivity contribution in [2.45, 2.75) is 0 Å². The summed E-state index contributed by atoms with van der Waals surface area (Å²) in [6.07, 6.45) is 5.07. The number of nitrogens with zero attached hydrogens (tertiary/aromatic N) is 6. The number of carbonyl (C=O) groups excluding carboxylic acids is 1. The Balaban J connectivity index is 1.62. The fraction of sp³-hybridized carbons (Fsp3) is 0.467. The number of aromatic nitrogens is 4. The van der Waals surface area contributed by atoms with E-state index in [0.717, 1.165) is 43.0 Å². The van der Waals surface area contributed by atoms with E-state index < -0.39 is 0 Å². The maximum Gasteiger partial charge on any atom is 0.234 e. The number of aryl methyl sites for hydroxylation is 1. The average molecular weight is 315 g/mol. The lowest BCUT2D eigenvalue weighted by molar-refractivity contribution is -0.122. The van der Waals surface area contributed by atoms with E-state index in [4.69, 9.17) is 0 Å². The van der Waals surface area contributed by atoms with Crippen LogP contribution in [0.15, 0.2) is 25.2 Å². The predicted octanol–water partition coefficient (Wildman–Crippen LogP) is -0.212. The van der Waals surface area contributed by atoms with Crippen molar-refractivity contribution in [3.63, 3.8) is 0 Å². The zero-order valence-corrected chi connectivity index (χ0v) is 13.3. The summed E-state index contributed by atoms with van der Waals surface area (Å²) in [5.74, 6) is 0.953. The highest BCUT2D eigenvalue weighted by Gasteiger charge is 2.22. The van der Waals surface area contributed by atoms with Crippen molar-refractivity contribution in [1.82, 2.24) is 30.0 Å². The van der Waals surface area contributed by atoms with Crippen LogP contribution in [0.1, 0.15) is 0 Å². The van der Waals surface area contributed by atoms with Gasteiger partial charge < -0.3 is 10.2 Å². The van der Waals surface area contributed by atoms with Crippen molar-refractivity contribution in [1.29, 1.82) is 0 Å². The summed E-state index contributed by atoms with van der Waals surface area (Å²) < 4.78 is 1.75. The fourth-order valence-electron chi connectivity index (χ4n) is 2.76. The first-order valence-corrected chi connectivity index (χ1v) is 7.66. The maximum absolute atomic E-state index is 11.8. The molecule has 1 saturated heterocycles. The third-order valence-electron chi connectivity index (χ3n) is 3.99. The summed E-state index contributed by atoms with van der Waals surface area (Å²) in [4.78, 5) is 24.8. The number of carbonyl (C=O) groups is 1. The molecule has 0 radical (unpaired) electrons. The Morgan fingerprint density at radius 2 is 2.13 bits per heavy atom. The van der Waals surface area contributed by atoms with E-state index in [-0.39, 0.29) is 5.91 Å². The first-order valence-electron chi connectivity index (χ1n) is 7.66. The van der Waals surface area contributed by atoms with Gasteiger partial charge in [-0.15, -0.1) is 6.58 Å². The Morgan fingerprint density at radius 1 is 1.35 bits per heavy atom. The fourth-order valence-corrected chi connectivity index (χ4v) is 2.76. The van der Waals surface area contributed by atoms with Gasteiger partial charge in [0.15, 0.2) is 5.65 Å². The molecule has 8 nitrogen and oxygen atoms in total. The average Bonchev–Trinajstić information content (AvgIpc) is 2.95. The molecule has 2 aromatic rings. The van der Waals surface area contributed by atoms with Gasteiger partial charge in [-0.05, 0) is 0 Å². The van der Waals surface area contributed by atoms with Crippen LogP contribution in [0.5, 0.6) is 0 Å². The third kappa shape index (κ3) is 3.31. The molecule has 0 aromatic carbocycles. The summed E-state index contributed by atoms with van der Waals surface area (Å²) in [7, 11) is 1.87. The van der Waals surface area contributed by atoms with Gasteiger partial charge in [0.2, 0.25) is 5.91 Å². The second-order valence-electron chi connectivity index (χ2n) is 5.56. The van der Waals surface area contributed by atoms with Crippen LogP contribution in [0.3, 0.4) is 0 Å². The normalized spacial score (nSPS) is 15.8. The molecule has 1 fully saturated rings. The van der Waals surface area contributed by atoms with Crippen molar-refractivity contribution in [2.75, 3.05) is 44.2 Å². The molecule has 122 valence electrons. The van der Waals surface area contributed by atoms with Crippen LogP contribution in [0.4, 0.5) is 5.82 Å². The van der Waals surface area contributed by atoms with E-state index >= 15 is 0 Å². The number of nitrogens with one attached hydrogen (secondary N) is 1. The Kier molecular flexibility index (Phi) is 4.52. The SMILES string of the molecule is C=CCNC(=O)CN1CCN(c2ncnc3c2cnn3C)CC1. The maximum atomic E-state index is 11.8. The van der Waals surface area contributed by atoms with Gasteiger partial charge in [0.05, 0.1) is 18.1 Å². The van der Waals surface area contributed by atoms with Gasteiger partial charge in [-0.25, -0.2) is 9.97 Å². The molecule has 0 bridgehead atoms. The molecule has 1 N–H and O–H groups in total. The Labute approximate surface area is 134 Å². The molecule has 23 heavy (non-hydrogen) atoms. The molecule has 0 atom stereocenters. The van der Waals surface area contributed by atoms with Crippen molar-refractivity contribution >= 4 is 22.8 Å². The molecular formula is C15H21N7O. The van der Waals surface area contributed by atoms with Crippen LogP contribution >= 0.6 is 0 Å². The van der Waals surface area contributed by atoms with Crippen molar-refractivity contribution in [3.05, 3.63) is 25.2 Å². The first kappa shape index (κ1) is 15.4. The third-order valence-corrected chi connectivity index (χ3v) is 3.99. The van der Waals surface area contributed by atoms with Gasteiger partial charge in [-0.3, -0.25) is 14.4 Å². The molecule has 0 unspecified atom stereocenters. The molecule has 0 saturated carbocycles. The van der Waals surface area contributed by atoms with Crippen LogP contribution in [0, 0.1) is 0 Å². The topological polar surface area (TPSA) is 79.2 Å². The molecule has 0 spiro atoms. The number of amides is 1. The summed E-state index contributed by atoms with van der Waals surface area (Å²) in [6.45, 7) is 7.84. The van der Waals surface area contributed by atoms with E-state index in [1.54, 1.807) is 23.3 Å². The van der Waals surface area contributed by atoms with Crippen LogP contribution in [0.25, 0.3) is 11.0 Å². The quantitative estimate of drug-likeness (QED) is 0.769. The molecule has 3 heterocycles. The van der Waals surface area contributed by atoms with Crippen LogP contribution in [-0.2, 0) is 11.8 Å². The zero-order valence-electron chi connectivity index (χ0n) is 13.3. The van der Waals surface area contributed by atoms with Crippen LogP contribution < -0.4 is 10.2 Å². The lowest BCUT2D eigenvalue weighted by atomic mass is 10.2. The summed E-state index contributed by atoms with van der Waals surface area (Å²) in [5.41, 5.74) is 0.834. The smallest absolute Gasteiger partial charge is 0.234 e. The summed E-state index contributed by atoms with van der Waals surface area (Å²) >= 11 is 0. The van der Waals surface area contributed by atoms with Crippen molar-refractivity contribution in [3.8, 4) is 0 Å². The van der Waals surface area contributed by atoms with Gasteiger partial charge in [0.25, 0.3) is 0 Å². The number of hydrogen-bond donors (Lipinski definition) is 1. The Bertz CT molecular complexity index is 703. The van der Waals surface area contributed by atoms with Gasteiger partial charge in [0.1, 0.15) is 12.1 Å². The minimum absolute atomic E-state index is 0.0371. The van der Waals surface area contributed by atoms with E-state index in [2.05, 4.69) is 36.8 Å². The number of fused-ring (bicyclic) bond motifs is 1. The highest BCUT2D eigenvalue weighted by Crippen LogP contribution is 2.22. The minimum Gasteiger partial charge on any atom is -0.353 e. The lowest BCUT2D eigenvalue weighted by Gasteiger charge is -2.35. The summed E-state index contributed by atoms with van der Waals surface area (Å²) in [5, 5.41) is 8.02. The van der Waals surface area contributed by atoms with E-state index in [9.17, 15) is 4.79 Å². The van der Waals surface area contributed by atoms with Gasteiger partial charge >= 0.3 is 0 Å². The second-order valence-corrected chi connectivity index (χ2v) is 5.56. The number of hydrogen-bond acceptors (Lipinski definition) is 6. The Morgan fingerprint density at radius 3 is 2.87 bits per heavy atom. The summed E-state index contributed by atoms with van der Waals surface area (Å²) in [6, 6.07) is 0. The molecule has 2 aromatic heterocycles. The minimum atomic E-state index is 0.0371. The zero-order chi connectivity index (χ0) is 16.2. The molecule has 1 amide bonds. The first-order chi connectivity index (χ1) is 11.2. The van der Waals surface area contributed by atoms with E-state index in [0.29, 0.717) is 13.1 Å². The van der Waals surface area contributed by atoms with E-state index in [1.165, 1.54) is 0 Å². The largest absolute Gasteiger partial charge is 0.353 e. The predicted molar refractivity (Wildman–Crippen MR) is 88.2 cm³/mol. The molecule has 0 aliphatic carbocycles. The molecule has 8 heteroatoms. The molecular weight excluding hydrogens is 294 g/mol. The molecule has 3 rings (SSSR count). The highest BCUT2D eigenvalue weighted by atomic mass is 16.2. The highest BCUT2D eigenvalue weighted by molar-refractivity contribution is 5.86. The van der Waals surface area contributed by atoms with Gasteiger partial charge in [0, 0.05) is 39.8 Å². The Hall–Kier alpha value is -2.48. The van der Waals surface area contributed by atoms with Crippen molar-refractivity contribution < 1.29 is 4.79 Å². The molecule has 1 aliphatic rings. The number of anilines is 1. The van der Waals surface area contributed by atoms with Gasteiger partial charge in [-0.2, -0.15) is 5.10 Å². The monoisotopic (exact) mass is 315 g/mol. The van der Waals surface area contributed by atoms with Gasteiger partial charge in [-0.1, -0.05) is 6.08 Å².